The van der Waals surface area contributed by atoms with E-state index in [4.69, 9.17) is 12.2 Å². The molecule has 0 spiro atoms. The molecular weight excluding hydrogens is 360 g/mol. The topological polar surface area (TPSA) is 47.6 Å². The molecule has 0 bridgehead atoms. The first-order valence-electron chi connectivity index (χ1n) is 5.95. The maximum atomic E-state index is 11.9. The molecule has 1 aliphatic heterocycles. The maximum Gasteiger partial charge on any atom is 0.252 e. The van der Waals surface area contributed by atoms with Gasteiger partial charge in [0.05, 0.1) is 24.8 Å². The van der Waals surface area contributed by atoms with Gasteiger partial charge in [-0.25, -0.2) is 0 Å². The van der Waals surface area contributed by atoms with Crippen molar-refractivity contribution >= 4 is 55.8 Å². The zero-order chi connectivity index (χ0) is 14.5. The van der Waals surface area contributed by atoms with Gasteiger partial charge >= 0.3 is 0 Å². The lowest BCUT2D eigenvalue weighted by Gasteiger charge is -2.33. The van der Waals surface area contributed by atoms with Gasteiger partial charge in [0.25, 0.3) is 5.91 Å². The van der Waals surface area contributed by atoms with Crippen LogP contribution in [-0.2, 0) is 4.79 Å². The van der Waals surface area contributed by atoms with Crippen LogP contribution < -0.4 is 10.9 Å². The van der Waals surface area contributed by atoms with Gasteiger partial charge in [-0.1, -0.05) is 39.9 Å². The van der Waals surface area contributed by atoms with Crippen LogP contribution in [0.25, 0.3) is 0 Å². The summed E-state index contributed by atoms with van der Waals surface area (Å²) in [7, 11) is 1.93. The fourth-order valence-electron chi connectivity index (χ4n) is 1.67. The zero-order valence-electron chi connectivity index (χ0n) is 10.9. The van der Waals surface area contributed by atoms with Gasteiger partial charge in [0.15, 0.2) is 0 Å². The Labute approximate surface area is 136 Å². The molecule has 1 aromatic rings. The first-order chi connectivity index (χ1) is 9.54. The van der Waals surface area contributed by atoms with Gasteiger partial charge in [-0.2, -0.15) is 0 Å². The number of nitrogens with one attached hydrogen (secondary N) is 2. The Morgan fingerprint density at radius 1 is 1.45 bits per heavy atom. The van der Waals surface area contributed by atoms with E-state index in [1.54, 1.807) is 11.8 Å². The van der Waals surface area contributed by atoms with Crippen molar-refractivity contribution in [1.82, 2.24) is 15.2 Å². The second-order valence-corrected chi connectivity index (χ2v) is 6.88. The molecule has 1 heterocycles. The van der Waals surface area contributed by atoms with Crippen molar-refractivity contribution in [2.24, 2.45) is 0 Å². The van der Waals surface area contributed by atoms with Gasteiger partial charge in [0.1, 0.15) is 4.32 Å². The molecule has 108 valence electrons. The quantitative estimate of drug-likeness (QED) is 0.621. The molecule has 0 atom stereocenters. The molecule has 0 unspecified atom stereocenters. The highest BCUT2D eigenvalue weighted by atomic mass is 79.9. The zero-order valence-corrected chi connectivity index (χ0v) is 14.1. The molecule has 2 N–H and O–H groups in total. The van der Waals surface area contributed by atoms with E-state index in [1.807, 2.05) is 41.1 Å². The highest BCUT2D eigenvalue weighted by Gasteiger charge is 2.20. The SMILES string of the molecule is CN1CN(CC(=O)NNc2ccc(Br)cc2)CSC1=S. The minimum Gasteiger partial charge on any atom is -0.348 e. The van der Waals surface area contributed by atoms with Crippen molar-refractivity contribution in [3.63, 3.8) is 0 Å². The van der Waals surface area contributed by atoms with E-state index in [0.717, 1.165) is 20.4 Å². The molecule has 0 aromatic heterocycles. The molecule has 0 radical (unpaired) electrons. The predicted octanol–water partition coefficient (Wildman–Crippen LogP) is 2.07. The minimum atomic E-state index is -0.0743. The van der Waals surface area contributed by atoms with Crippen molar-refractivity contribution in [3.05, 3.63) is 28.7 Å². The Morgan fingerprint density at radius 2 is 2.15 bits per heavy atom. The molecule has 1 aromatic carbocycles. The number of nitrogens with zero attached hydrogens (tertiary/aromatic N) is 2. The summed E-state index contributed by atoms with van der Waals surface area (Å²) in [4.78, 5) is 15.8. The van der Waals surface area contributed by atoms with E-state index in [1.165, 1.54) is 0 Å². The number of amides is 1. The number of anilines is 1. The maximum absolute atomic E-state index is 11.9. The van der Waals surface area contributed by atoms with Crippen LogP contribution in [0.1, 0.15) is 0 Å². The highest BCUT2D eigenvalue weighted by Crippen LogP contribution is 2.16. The fraction of sp³-hybridized carbons (Fsp3) is 0.333. The number of hydrogen-bond donors (Lipinski definition) is 2. The van der Waals surface area contributed by atoms with Crippen LogP contribution in [-0.4, -0.2) is 46.2 Å². The van der Waals surface area contributed by atoms with E-state index < -0.39 is 0 Å². The monoisotopic (exact) mass is 374 g/mol. The summed E-state index contributed by atoms with van der Waals surface area (Å²) >= 11 is 10.1. The minimum absolute atomic E-state index is 0.0743. The first kappa shape index (κ1) is 15.6. The summed E-state index contributed by atoms with van der Waals surface area (Å²) in [5.41, 5.74) is 6.41. The summed E-state index contributed by atoms with van der Waals surface area (Å²) < 4.78 is 1.87. The Bertz CT molecular complexity index is 497. The molecule has 1 fully saturated rings. The van der Waals surface area contributed by atoms with Gasteiger partial charge in [-0.3, -0.25) is 20.5 Å². The molecule has 5 nitrogen and oxygen atoms in total. The van der Waals surface area contributed by atoms with E-state index in [0.29, 0.717) is 13.2 Å². The summed E-state index contributed by atoms with van der Waals surface area (Å²) in [5.74, 6) is 0.671. The van der Waals surface area contributed by atoms with E-state index >= 15 is 0 Å². The lowest BCUT2D eigenvalue weighted by Crippen LogP contribution is -2.47. The lowest BCUT2D eigenvalue weighted by atomic mass is 10.3. The van der Waals surface area contributed by atoms with E-state index in [-0.39, 0.29) is 5.91 Å². The molecule has 1 amide bonds. The van der Waals surface area contributed by atoms with E-state index in [9.17, 15) is 4.79 Å². The average molecular weight is 375 g/mol. The number of thiocarbonyl (C=S) groups is 1. The van der Waals surface area contributed by atoms with Crippen molar-refractivity contribution in [2.45, 2.75) is 0 Å². The Kier molecular flexibility index (Phi) is 5.64. The second kappa shape index (κ2) is 7.26. The van der Waals surface area contributed by atoms with Gasteiger partial charge in [-0.05, 0) is 24.3 Å². The number of rotatable bonds is 4. The molecule has 2 rings (SSSR count). The van der Waals surface area contributed by atoms with Crippen LogP contribution in [0.5, 0.6) is 0 Å². The highest BCUT2D eigenvalue weighted by molar-refractivity contribution is 9.10. The molecule has 20 heavy (non-hydrogen) atoms. The Balaban J connectivity index is 1.75. The first-order valence-corrected chi connectivity index (χ1v) is 8.14. The van der Waals surface area contributed by atoms with Gasteiger partial charge in [0, 0.05) is 11.5 Å². The molecule has 0 aliphatic carbocycles. The Morgan fingerprint density at radius 3 is 2.80 bits per heavy atom. The number of carbonyl (C=O) groups is 1. The number of carbonyl (C=O) groups excluding carboxylic acids is 1. The third kappa shape index (κ3) is 4.62. The second-order valence-electron chi connectivity index (χ2n) is 4.39. The van der Waals surface area contributed by atoms with Gasteiger partial charge in [0.2, 0.25) is 0 Å². The number of halogens is 1. The van der Waals surface area contributed by atoms with Crippen molar-refractivity contribution in [1.29, 1.82) is 0 Å². The summed E-state index contributed by atoms with van der Waals surface area (Å²) in [6.07, 6.45) is 0. The molecule has 0 saturated carbocycles. The number of benzene rings is 1. The normalized spacial score (nSPS) is 16.1. The van der Waals surface area contributed by atoms with Crippen molar-refractivity contribution in [2.75, 3.05) is 31.6 Å². The smallest absolute Gasteiger partial charge is 0.252 e. The average Bonchev–Trinajstić information content (AvgIpc) is 2.42. The third-order valence-electron chi connectivity index (χ3n) is 2.65. The molecule has 1 saturated heterocycles. The standard InChI is InChI=1S/C12H15BrN4OS2/c1-16-7-17(8-20-12(16)19)6-11(18)15-14-10-4-2-9(13)3-5-10/h2-5,14H,6-8H2,1H3,(H,15,18). The van der Waals surface area contributed by atoms with Crippen molar-refractivity contribution in [3.8, 4) is 0 Å². The number of thioether (sulfide) groups is 1. The van der Waals surface area contributed by atoms with Crippen LogP contribution in [0.4, 0.5) is 5.69 Å². The van der Waals surface area contributed by atoms with Crippen LogP contribution in [0, 0.1) is 0 Å². The summed E-state index contributed by atoms with van der Waals surface area (Å²) in [6, 6.07) is 7.58. The van der Waals surface area contributed by atoms with E-state index in [2.05, 4.69) is 26.8 Å². The largest absolute Gasteiger partial charge is 0.348 e. The third-order valence-corrected chi connectivity index (χ3v) is 4.90. The molecule has 8 heteroatoms. The molecular formula is C12H15BrN4OS2. The van der Waals surface area contributed by atoms with Crippen molar-refractivity contribution < 1.29 is 4.79 Å². The summed E-state index contributed by atoms with van der Waals surface area (Å²) in [6.45, 7) is 1.01. The summed E-state index contributed by atoms with van der Waals surface area (Å²) in [5, 5.41) is 0. The lowest BCUT2D eigenvalue weighted by molar-refractivity contribution is -0.121. The number of hydrogen-bond acceptors (Lipinski definition) is 5. The van der Waals surface area contributed by atoms with Gasteiger partial charge in [-0.15, -0.1) is 0 Å². The van der Waals surface area contributed by atoms with Gasteiger partial charge < -0.3 is 4.90 Å². The Hall–Kier alpha value is -0.830. The van der Waals surface area contributed by atoms with Crippen LogP contribution in [0.2, 0.25) is 0 Å². The fourth-order valence-corrected chi connectivity index (χ4v) is 2.89. The van der Waals surface area contributed by atoms with Crippen LogP contribution >= 0.6 is 39.9 Å². The predicted molar refractivity (Wildman–Crippen MR) is 90.3 cm³/mol. The molecule has 1 aliphatic rings. The number of hydrazine groups is 1. The van der Waals surface area contributed by atoms with Crippen LogP contribution in [0.15, 0.2) is 28.7 Å². The van der Waals surface area contributed by atoms with Crippen LogP contribution in [0.3, 0.4) is 0 Å².